The summed E-state index contributed by atoms with van der Waals surface area (Å²) in [6.07, 6.45) is 5.82. The first kappa shape index (κ1) is 11.6. The van der Waals surface area contributed by atoms with E-state index in [0.29, 0.717) is 12.0 Å². The minimum atomic E-state index is 0.298. The Hall–Kier alpha value is -0.900. The first-order valence-electron chi connectivity index (χ1n) is 6.31. The van der Waals surface area contributed by atoms with Gasteiger partial charge in [-0.1, -0.05) is 31.8 Å². The largest absolute Gasteiger partial charge is 0.339 e. The maximum atomic E-state index is 5.27. The fraction of sp³-hybridized carbons (Fsp3) is 0.833. The summed E-state index contributed by atoms with van der Waals surface area (Å²) in [7, 11) is 0. The van der Waals surface area contributed by atoms with Crippen molar-refractivity contribution in [2.45, 2.75) is 52.0 Å². The molecule has 90 valence electrons. The van der Waals surface area contributed by atoms with Crippen LogP contribution < -0.4 is 5.32 Å². The molecule has 16 heavy (non-hydrogen) atoms. The number of hydrogen-bond donors (Lipinski definition) is 1. The molecule has 4 heteroatoms. The Kier molecular flexibility index (Phi) is 3.93. The molecule has 4 nitrogen and oxygen atoms in total. The van der Waals surface area contributed by atoms with Gasteiger partial charge in [0.2, 0.25) is 5.89 Å². The predicted molar refractivity (Wildman–Crippen MR) is 62.1 cm³/mol. The van der Waals surface area contributed by atoms with Crippen molar-refractivity contribution < 1.29 is 4.52 Å². The maximum Gasteiger partial charge on any atom is 0.226 e. The van der Waals surface area contributed by atoms with E-state index >= 15 is 0 Å². The first-order chi connectivity index (χ1) is 7.75. The van der Waals surface area contributed by atoms with E-state index in [1.165, 1.54) is 19.3 Å². The van der Waals surface area contributed by atoms with E-state index in [4.69, 9.17) is 4.52 Å². The van der Waals surface area contributed by atoms with Crippen molar-refractivity contribution in [1.82, 2.24) is 15.5 Å². The quantitative estimate of drug-likeness (QED) is 0.855. The Morgan fingerprint density at radius 3 is 3.06 bits per heavy atom. The fourth-order valence-corrected chi connectivity index (χ4v) is 2.09. The molecule has 1 unspecified atom stereocenters. The summed E-state index contributed by atoms with van der Waals surface area (Å²) in [5.41, 5.74) is 0. The number of rotatable bonds is 3. The van der Waals surface area contributed by atoms with E-state index in [9.17, 15) is 0 Å². The summed E-state index contributed by atoms with van der Waals surface area (Å²) in [6, 6.07) is 0.298. The van der Waals surface area contributed by atoms with Crippen LogP contribution in [0.15, 0.2) is 4.52 Å². The van der Waals surface area contributed by atoms with E-state index in [-0.39, 0.29) is 0 Å². The standard InChI is InChI=1S/C12H21N3O/c1-9(2)8-11-14-12(15-16-11)10-6-4-3-5-7-13-10/h9-10,13H,3-8H2,1-2H3. The van der Waals surface area contributed by atoms with Crippen LogP contribution >= 0.6 is 0 Å². The van der Waals surface area contributed by atoms with Gasteiger partial charge in [-0.05, 0) is 25.3 Å². The molecule has 0 aromatic carbocycles. The van der Waals surface area contributed by atoms with Gasteiger partial charge in [0.1, 0.15) is 0 Å². The molecule has 0 bridgehead atoms. The molecule has 0 radical (unpaired) electrons. The summed E-state index contributed by atoms with van der Waals surface area (Å²) in [5, 5.41) is 7.57. The predicted octanol–water partition coefficient (Wildman–Crippen LogP) is 2.47. The fourth-order valence-electron chi connectivity index (χ4n) is 2.09. The lowest BCUT2D eigenvalue weighted by atomic mass is 10.1. The average molecular weight is 223 g/mol. The van der Waals surface area contributed by atoms with E-state index in [2.05, 4.69) is 29.3 Å². The van der Waals surface area contributed by atoms with Gasteiger partial charge in [-0.15, -0.1) is 0 Å². The Morgan fingerprint density at radius 2 is 2.25 bits per heavy atom. The second kappa shape index (κ2) is 5.43. The number of aromatic nitrogens is 2. The second-order valence-corrected chi connectivity index (χ2v) is 5.00. The van der Waals surface area contributed by atoms with Gasteiger partial charge >= 0.3 is 0 Å². The van der Waals surface area contributed by atoms with Gasteiger partial charge in [-0.3, -0.25) is 0 Å². The third kappa shape index (κ3) is 3.04. The highest BCUT2D eigenvalue weighted by Crippen LogP contribution is 2.20. The highest BCUT2D eigenvalue weighted by atomic mass is 16.5. The van der Waals surface area contributed by atoms with Crippen LogP contribution in [-0.4, -0.2) is 16.7 Å². The minimum absolute atomic E-state index is 0.298. The first-order valence-corrected chi connectivity index (χ1v) is 6.31. The van der Waals surface area contributed by atoms with Crippen molar-refractivity contribution in [1.29, 1.82) is 0 Å². The molecule has 1 atom stereocenters. The Balaban J connectivity index is 1.99. The summed E-state index contributed by atoms with van der Waals surface area (Å²) >= 11 is 0. The van der Waals surface area contributed by atoms with E-state index < -0.39 is 0 Å². The molecule has 1 saturated heterocycles. The number of hydrogen-bond acceptors (Lipinski definition) is 4. The average Bonchev–Trinajstić information content (AvgIpc) is 2.53. The SMILES string of the molecule is CC(C)Cc1nc(C2CCCCCN2)no1. The summed E-state index contributed by atoms with van der Waals surface area (Å²) < 4.78 is 5.27. The zero-order chi connectivity index (χ0) is 11.4. The lowest BCUT2D eigenvalue weighted by Gasteiger charge is -2.09. The van der Waals surface area contributed by atoms with Gasteiger partial charge in [0.25, 0.3) is 0 Å². The van der Waals surface area contributed by atoms with Crippen LogP contribution in [0.4, 0.5) is 0 Å². The Labute approximate surface area is 96.8 Å². The molecule has 0 spiro atoms. The van der Waals surface area contributed by atoms with Crippen LogP contribution in [0.2, 0.25) is 0 Å². The Bertz CT molecular complexity index is 314. The molecule has 2 heterocycles. The van der Waals surface area contributed by atoms with Crippen LogP contribution in [0.1, 0.15) is 57.3 Å². The highest BCUT2D eigenvalue weighted by molar-refractivity contribution is 4.95. The summed E-state index contributed by atoms with van der Waals surface area (Å²) in [4.78, 5) is 4.48. The van der Waals surface area contributed by atoms with E-state index in [0.717, 1.165) is 31.1 Å². The van der Waals surface area contributed by atoms with Crippen LogP contribution in [-0.2, 0) is 6.42 Å². The molecular weight excluding hydrogens is 202 g/mol. The molecule has 1 fully saturated rings. The second-order valence-electron chi connectivity index (χ2n) is 5.00. The van der Waals surface area contributed by atoms with Crippen LogP contribution in [0, 0.1) is 5.92 Å². The molecule has 0 saturated carbocycles. The van der Waals surface area contributed by atoms with Gasteiger partial charge in [-0.25, -0.2) is 0 Å². The number of nitrogens with one attached hydrogen (secondary N) is 1. The van der Waals surface area contributed by atoms with Gasteiger partial charge in [0.15, 0.2) is 5.82 Å². The molecule has 0 aliphatic carbocycles. The minimum Gasteiger partial charge on any atom is -0.339 e. The highest BCUT2D eigenvalue weighted by Gasteiger charge is 2.19. The zero-order valence-corrected chi connectivity index (χ0v) is 10.2. The van der Waals surface area contributed by atoms with Crippen LogP contribution in [0.3, 0.4) is 0 Å². The van der Waals surface area contributed by atoms with E-state index in [1.54, 1.807) is 0 Å². The zero-order valence-electron chi connectivity index (χ0n) is 10.2. The van der Waals surface area contributed by atoms with Gasteiger partial charge in [0, 0.05) is 6.42 Å². The topological polar surface area (TPSA) is 51.0 Å². The van der Waals surface area contributed by atoms with Gasteiger partial charge in [0.05, 0.1) is 6.04 Å². The lowest BCUT2D eigenvalue weighted by molar-refractivity contribution is 0.352. The van der Waals surface area contributed by atoms with Crippen molar-refractivity contribution in [2.24, 2.45) is 5.92 Å². The molecule has 2 rings (SSSR count). The van der Waals surface area contributed by atoms with E-state index in [1.807, 2.05) is 0 Å². The van der Waals surface area contributed by atoms with Crippen molar-refractivity contribution in [3.63, 3.8) is 0 Å². The van der Waals surface area contributed by atoms with Crippen molar-refractivity contribution in [3.8, 4) is 0 Å². The molecule has 1 aromatic rings. The van der Waals surface area contributed by atoms with Crippen molar-refractivity contribution in [2.75, 3.05) is 6.54 Å². The smallest absolute Gasteiger partial charge is 0.226 e. The molecule has 1 aliphatic rings. The normalized spacial score (nSPS) is 22.3. The summed E-state index contributed by atoms with van der Waals surface area (Å²) in [5.74, 6) is 2.18. The van der Waals surface area contributed by atoms with Crippen molar-refractivity contribution in [3.05, 3.63) is 11.7 Å². The maximum absolute atomic E-state index is 5.27. The lowest BCUT2D eigenvalue weighted by Crippen LogP contribution is -2.21. The van der Waals surface area contributed by atoms with Crippen LogP contribution in [0.5, 0.6) is 0 Å². The molecule has 0 amide bonds. The van der Waals surface area contributed by atoms with Gasteiger partial charge < -0.3 is 9.84 Å². The molecular formula is C12H21N3O. The number of nitrogens with zero attached hydrogens (tertiary/aromatic N) is 2. The molecule has 1 aromatic heterocycles. The van der Waals surface area contributed by atoms with Crippen LogP contribution in [0.25, 0.3) is 0 Å². The van der Waals surface area contributed by atoms with Crippen molar-refractivity contribution >= 4 is 0 Å². The summed E-state index contributed by atoms with van der Waals surface area (Å²) in [6.45, 7) is 5.39. The van der Waals surface area contributed by atoms with Gasteiger partial charge in [-0.2, -0.15) is 4.98 Å². The Morgan fingerprint density at radius 1 is 1.38 bits per heavy atom. The third-order valence-electron chi connectivity index (χ3n) is 2.94. The molecule has 1 aliphatic heterocycles. The molecule has 1 N–H and O–H groups in total. The monoisotopic (exact) mass is 223 g/mol. The third-order valence-corrected chi connectivity index (χ3v) is 2.94.